The van der Waals surface area contributed by atoms with Gasteiger partial charge in [0.1, 0.15) is 0 Å². The van der Waals surface area contributed by atoms with Gasteiger partial charge in [0, 0.05) is 14.9 Å². The summed E-state index contributed by atoms with van der Waals surface area (Å²) in [7, 11) is 0. The summed E-state index contributed by atoms with van der Waals surface area (Å²) in [5, 5.41) is 0. The first kappa shape index (κ1) is 14.9. The summed E-state index contributed by atoms with van der Waals surface area (Å²) in [5.74, 6) is 1.42. The van der Waals surface area contributed by atoms with Crippen molar-refractivity contribution in [2.24, 2.45) is 0 Å². The van der Waals surface area contributed by atoms with E-state index in [0.717, 1.165) is 20.8 Å². The number of carbonyl (C=O) groups is 1. The molecule has 1 fully saturated rings. The number of benzene rings is 2. The number of hydrogen-bond acceptors (Lipinski definition) is 2. The first-order valence-corrected chi connectivity index (χ1v) is 9.02. The molecule has 1 nitrogen and oxygen atoms in total. The summed E-state index contributed by atoms with van der Waals surface area (Å²) in [6, 6.07) is 16.3. The Balaban J connectivity index is 1.58. The predicted molar refractivity (Wildman–Crippen MR) is 92.2 cm³/mol. The van der Waals surface area contributed by atoms with Gasteiger partial charge < -0.3 is 0 Å². The molecule has 0 aromatic heterocycles. The Labute approximate surface area is 138 Å². The third-order valence-electron chi connectivity index (χ3n) is 3.99. The lowest BCUT2D eigenvalue weighted by molar-refractivity contribution is 0.102. The summed E-state index contributed by atoms with van der Waals surface area (Å²) in [6.07, 6.45) is 3.94. The molecule has 0 saturated heterocycles. The van der Waals surface area contributed by atoms with Gasteiger partial charge in [-0.1, -0.05) is 46.6 Å². The fraction of sp³-hybridized carbons (Fsp3) is 0.278. The third-order valence-corrected chi connectivity index (χ3v) is 5.53. The van der Waals surface area contributed by atoms with Crippen molar-refractivity contribution in [1.29, 1.82) is 0 Å². The monoisotopic (exact) mass is 360 g/mol. The SMILES string of the molecule is O=C(CSc1ccc(Br)cc1)c1ccc(C2CCC2)cc1. The molecule has 0 bridgehead atoms. The number of Topliss-reactive ketones (excluding diaryl/α,β-unsaturated/α-hetero) is 1. The molecule has 1 aliphatic rings. The van der Waals surface area contributed by atoms with Crippen LogP contribution in [-0.2, 0) is 0 Å². The van der Waals surface area contributed by atoms with Gasteiger partial charge in [0.15, 0.2) is 5.78 Å². The maximum absolute atomic E-state index is 12.2. The molecular formula is C18H17BrOS. The Morgan fingerprint density at radius 2 is 1.71 bits per heavy atom. The lowest BCUT2D eigenvalue weighted by Crippen LogP contribution is -2.09. The predicted octanol–water partition coefficient (Wildman–Crippen LogP) is 5.69. The molecule has 0 unspecified atom stereocenters. The summed E-state index contributed by atoms with van der Waals surface area (Å²) in [4.78, 5) is 13.3. The zero-order valence-corrected chi connectivity index (χ0v) is 14.1. The molecule has 3 rings (SSSR count). The van der Waals surface area contributed by atoms with Crippen molar-refractivity contribution < 1.29 is 4.79 Å². The second-order valence-electron chi connectivity index (χ2n) is 5.42. The van der Waals surface area contributed by atoms with Gasteiger partial charge in [-0.05, 0) is 48.6 Å². The van der Waals surface area contributed by atoms with Crippen LogP contribution < -0.4 is 0 Å². The van der Waals surface area contributed by atoms with Gasteiger partial charge in [-0.15, -0.1) is 11.8 Å². The van der Waals surface area contributed by atoms with Crippen LogP contribution in [0.1, 0.15) is 41.1 Å². The van der Waals surface area contributed by atoms with Crippen molar-refractivity contribution >= 4 is 33.5 Å². The van der Waals surface area contributed by atoms with Crippen LogP contribution >= 0.6 is 27.7 Å². The van der Waals surface area contributed by atoms with Crippen LogP contribution in [0.2, 0.25) is 0 Å². The van der Waals surface area contributed by atoms with Gasteiger partial charge >= 0.3 is 0 Å². The van der Waals surface area contributed by atoms with Gasteiger partial charge in [-0.2, -0.15) is 0 Å². The fourth-order valence-electron chi connectivity index (χ4n) is 2.45. The van der Waals surface area contributed by atoms with Gasteiger partial charge in [-0.3, -0.25) is 4.79 Å². The lowest BCUT2D eigenvalue weighted by Gasteiger charge is -2.25. The number of rotatable bonds is 5. The minimum Gasteiger partial charge on any atom is -0.293 e. The van der Waals surface area contributed by atoms with Crippen LogP contribution in [0.15, 0.2) is 57.9 Å². The Hall–Kier alpha value is -1.06. The molecule has 2 aromatic carbocycles. The van der Waals surface area contributed by atoms with E-state index in [4.69, 9.17) is 0 Å². The largest absolute Gasteiger partial charge is 0.293 e. The number of hydrogen-bond donors (Lipinski definition) is 0. The van der Waals surface area contributed by atoms with E-state index in [1.54, 1.807) is 11.8 Å². The average Bonchev–Trinajstić information content (AvgIpc) is 2.45. The van der Waals surface area contributed by atoms with Gasteiger partial charge in [0.25, 0.3) is 0 Å². The molecule has 1 aliphatic carbocycles. The second kappa shape index (κ2) is 6.80. The van der Waals surface area contributed by atoms with Gasteiger partial charge in [0.2, 0.25) is 0 Å². The Morgan fingerprint density at radius 1 is 1.05 bits per heavy atom. The topological polar surface area (TPSA) is 17.1 Å². The van der Waals surface area contributed by atoms with Crippen molar-refractivity contribution in [2.45, 2.75) is 30.1 Å². The van der Waals surface area contributed by atoms with Crippen LogP contribution in [0.4, 0.5) is 0 Å². The van der Waals surface area contributed by atoms with E-state index < -0.39 is 0 Å². The quantitative estimate of drug-likeness (QED) is 0.503. The Bertz CT molecular complexity index is 615. The third kappa shape index (κ3) is 3.78. The summed E-state index contributed by atoms with van der Waals surface area (Å²) in [5.41, 5.74) is 2.21. The number of carbonyl (C=O) groups excluding carboxylic acids is 1. The molecule has 0 amide bonds. The number of halogens is 1. The van der Waals surface area contributed by atoms with Gasteiger partial charge in [-0.25, -0.2) is 0 Å². The Morgan fingerprint density at radius 3 is 2.29 bits per heavy atom. The van der Waals surface area contributed by atoms with E-state index in [2.05, 4.69) is 28.1 Å². The van der Waals surface area contributed by atoms with E-state index in [-0.39, 0.29) is 5.78 Å². The van der Waals surface area contributed by atoms with Gasteiger partial charge in [0.05, 0.1) is 5.75 Å². The molecule has 2 aromatic rings. The van der Waals surface area contributed by atoms with Crippen molar-refractivity contribution in [3.63, 3.8) is 0 Å². The first-order chi connectivity index (χ1) is 10.2. The van der Waals surface area contributed by atoms with E-state index in [9.17, 15) is 4.79 Å². The number of ketones is 1. The zero-order valence-electron chi connectivity index (χ0n) is 11.7. The van der Waals surface area contributed by atoms with E-state index in [1.807, 2.05) is 36.4 Å². The standard InChI is InChI=1S/C18H17BrOS/c19-16-8-10-17(11-9-16)21-12-18(20)15-6-4-14(5-7-15)13-2-1-3-13/h4-11,13H,1-3,12H2. The zero-order chi connectivity index (χ0) is 14.7. The summed E-state index contributed by atoms with van der Waals surface area (Å²) < 4.78 is 1.06. The molecule has 21 heavy (non-hydrogen) atoms. The highest BCUT2D eigenvalue weighted by Gasteiger charge is 2.19. The minimum atomic E-state index is 0.197. The molecular weight excluding hydrogens is 344 g/mol. The fourth-order valence-corrected chi connectivity index (χ4v) is 3.50. The lowest BCUT2D eigenvalue weighted by atomic mass is 9.80. The molecule has 108 valence electrons. The van der Waals surface area contributed by atoms with Crippen LogP contribution in [0, 0.1) is 0 Å². The molecule has 0 radical (unpaired) electrons. The normalized spacial score (nSPS) is 14.7. The highest BCUT2D eigenvalue weighted by Crippen LogP contribution is 2.36. The maximum atomic E-state index is 12.2. The van der Waals surface area contributed by atoms with E-state index in [1.165, 1.54) is 24.8 Å². The van der Waals surface area contributed by atoms with Crippen LogP contribution in [0.25, 0.3) is 0 Å². The van der Waals surface area contributed by atoms with Crippen molar-refractivity contribution in [3.8, 4) is 0 Å². The molecule has 0 heterocycles. The van der Waals surface area contributed by atoms with Crippen LogP contribution in [0.5, 0.6) is 0 Å². The molecule has 3 heteroatoms. The Kier molecular flexibility index (Phi) is 4.81. The average molecular weight is 361 g/mol. The van der Waals surface area contributed by atoms with Crippen LogP contribution in [0.3, 0.4) is 0 Å². The van der Waals surface area contributed by atoms with Crippen LogP contribution in [-0.4, -0.2) is 11.5 Å². The van der Waals surface area contributed by atoms with Crippen molar-refractivity contribution in [3.05, 3.63) is 64.1 Å². The van der Waals surface area contributed by atoms with Crippen molar-refractivity contribution in [1.82, 2.24) is 0 Å². The minimum absolute atomic E-state index is 0.197. The van der Waals surface area contributed by atoms with Crippen molar-refractivity contribution in [2.75, 3.05) is 5.75 Å². The molecule has 0 atom stereocenters. The highest BCUT2D eigenvalue weighted by molar-refractivity contribution is 9.10. The molecule has 0 aliphatic heterocycles. The second-order valence-corrected chi connectivity index (χ2v) is 7.38. The molecule has 1 saturated carbocycles. The van der Waals surface area contributed by atoms with E-state index >= 15 is 0 Å². The molecule has 0 N–H and O–H groups in total. The number of thioether (sulfide) groups is 1. The maximum Gasteiger partial charge on any atom is 0.173 e. The first-order valence-electron chi connectivity index (χ1n) is 7.24. The highest BCUT2D eigenvalue weighted by atomic mass is 79.9. The molecule has 0 spiro atoms. The smallest absolute Gasteiger partial charge is 0.173 e. The van der Waals surface area contributed by atoms with E-state index in [0.29, 0.717) is 5.75 Å². The summed E-state index contributed by atoms with van der Waals surface area (Å²) >= 11 is 5.00. The summed E-state index contributed by atoms with van der Waals surface area (Å²) in [6.45, 7) is 0.